The van der Waals surface area contributed by atoms with Crippen molar-refractivity contribution in [3.8, 4) is 0 Å². The van der Waals surface area contributed by atoms with E-state index >= 15 is 0 Å². The average molecular weight is 291 g/mol. The highest BCUT2D eigenvalue weighted by atomic mass is 32.1. The fraction of sp³-hybridized carbons (Fsp3) is 0.500. The number of aryl methyl sites for hydroxylation is 3. The third kappa shape index (κ3) is 3.66. The number of nitrogens with zero attached hydrogens (tertiary/aromatic N) is 4. The lowest BCUT2D eigenvalue weighted by Crippen LogP contribution is -2.15. The summed E-state index contributed by atoms with van der Waals surface area (Å²) in [7, 11) is 3.94. The summed E-state index contributed by atoms with van der Waals surface area (Å²) in [5.74, 6) is 1.71. The summed E-state index contributed by atoms with van der Waals surface area (Å²) >= 11 is 1.79. The van der Waals surface area contributed by atoms with Crippen LogP contribution in [-0.4, -0.2) is 35.6 Å². The summed E-state index contributed by atoms with van der Waals surface area (Å²) < 4.78 is 0. The van der Waals surface area contributed by atoms with Crippen molar-refractivity contribution in [3.63, 3.8) is 0 Å². The molecule has 0 aromatic carbocycles. The van der Waals surface area contributed by atoms with Crippen molar-refractivity contribution in [1.82, 2.24) is 15.0 Å². The molecular formula is C14H21N5S. The molecule has 0 aliphatic rings. The second-order valence-corrected chi connectivity index (χ2v) is 6.19. The minimum absolute atomic E-state index is 0.837. The van der Waals surface area contributed by atoms with E-state index in [1.807, 2.05) is 19.0 Å². The molecule has 5 nitrogen and oxygen atoms in total. The number of nitrogens with one attached hydrogen (secondary N) is 1. The third-order valence-electron chi connectivity index (χ3n) is 3.04. The molecule has 0 aliphatic heterocycles. The summed E-state index contributed by atoms with van der Waals surface area (Å²) in [6.07, 6.45) is 5.46. The van der Waals surface area contributed by atoms with Crippen LogP contribution in [0.1, 0.15) is 22.0 Å². The Bertz CT molecular complexity index is 545. The number of hydrogen-bond donors (Lipinski definition) is 1. The van der Waals surface area contributed by atoms with Crippen LogP contribution in [0.2, 0.25) is 0 Å². The van der Waals surface area contributed by atoms with Crippen LogP contribution in [0.25, 0.3) is 0 Å². The van der Waals surface area contributed by atoms with Gasteiger partial charge in [0, 0.05) is 44.3 Å². The van der Waals surface area contributed by atoms with Gasteiger partial charge < -0.3 is 10.2 Å². The maximum Gasteiger partial charge on any atom is 0.171 e. The first-order valence-corrected chi connectivity index (χ1v) is 7.54. The first-order valence-electron chi connectivity index (χ1n) is 6.73. The van der Waals surface area contributed by atoms with E-state index in [1.165, 1.54) is 9.88 Å². The van der Waals surface area contributed by atoms with Crippen LogP contribution in [-0.2, 0) is 6.42 Å². The van der Waals surface area contributed by atoms with Crippen molar-refractivity contribution < 1.29 is 0 Å². The van der Waals surface area contributed by atoms with Gasteiger partial charge in [0.2, 0.25) is 0 Å². The smallest absolute Gasteiger partial charge is 0.171 e. The molecule has 6 heteroatoms. The molecule has 0 saturated carbocycles. The standard InChI is InChI=1S/C14H21N5S/c1-10-11(2)20-12(18-10)6-5-7-15-13-14(19(3)4)17-9-8-16-13/h8-9H,5-7H2,1-4H3,(H,15,16). The maximum atomic E-state index is 4.56. The molecule has 0 bridgehead atoms. The lowest BCUT2D eigenvalue weighted by atomic mass is 10.3. The monoisotopic (exact) mass is 291 g/mol. The molecule has 1 N–H and O–H groups in total. The zero-order chi connectivity index (χ0) is 14.5. The van der Waals surface area contributed by atoms with E-state index in [0.29, 0.717) is 0 Å². The Balaban J connectivity index is 1.84. The van der Waals surface area contributed by atoms with Gasteiger partial charge in [-0.05, 0) is 20.3 Å². The summed E-state index contributed by atoms with van der Waals surface area (Å²) in [5, 5.41) is 4.56. The summed E-state index contributed by atoms with van der Waals surface area (Å²) in [6, 6.07) is 0. The Morgan fingerprint density at radius 2 is 1.95 bits per heavy atom. The van der Waals surface area contributed by atoms with E-state index in [1.54, 1.807) is 23.7 Å². The molecule has 0 unspecified atom stereocenters. The Kier molecular flexibility index (Phi) is 4.89. The van der Waals surface area contributed by atoms with Gasteiger partial charge in [0.25, 0.3) is 0 Å². The fourth-order valence-electron chi connectivity index (χ4n) is 1.88. The van der Waals surface area contributed by atoms with E-state index in [-0.39, 0.29) is 0 Å². The Morgan fingerprint density at radius 1 is 1.20 bits per heavy atom. The number of rotatable bonds is 6. The van der Waals surface area contributed by atoms with Crippen molar-refractivity contribution in [1.29, 1.82) is 0 Å². The summed E-state index contributed by atoms with van der Waals surface area (Å²) in [4.78, 5) is 16.5. The number of thiazole rings is 1. The second-order valence-electron chi connectivity index (χ2n) is 4.90. The molecule has 0 amide bonds. The number of anilines is 2. The molecule has 2 aromatic rings. The van der Waals surface area contributed by atoms with E-state index in [9.17, 15) is 0 Å². The minimum atomic E-state index is 0.837. The van der Waals surface area contributed by atoms with Crippen molar-refractivity contribution in [2.45, 2.75) is 26.7 Å². The highest BCUT2D eigenvalue weighted by Gasteiger charge is 2.07. The van der Waals surface area contributed by atoms with E-state index < -0.39 is 0 Å². The molecule has 0 atom stereocenters. The normalized spacial score (nSPS) is 10.6. The zero-order valence-electron chi connectivity index (χ0n) is 12.5. The Hall–Kier alpha value is -1.69. The molecule has 0 radical (unpaired) electrons. The lowest BCUT2D eigenvalue weighted by molar-refractivity contribution is 0.845. The summed E-state index contributed by atoms with van der Waals surface area (Å²) in [6.45, 7) is 5.06. The SMILES string of the molecule is Cc1nc(CCCNc2nccnc2N(C)C)sc1C. The summed E-state index contributed by atoms with van der Waals surface area (Å²) in [5.41, 5.74) is 1.15. The molecule has 0 aliphatic carbocycles. The fourth-order valence-corrected chi connectivity index (χ4v) is 2.85. The van der Waals surface area contributed by atoms with Crippen LogP contribution in [0.15, 0.2) is 12.4 Å². The highest BCUT2D eigenvalue weighted by Crippen LogP contribution is 2.19. The van der Waals surface area contributed by atoms with Crippen LogP contribution in [0.4, 0.5) is 11.6 Å². The van der Waals surface area contributed by atoms with Gasteiger partial charge >= 0.3 is 0 Å². The molecule has 2 aromatic heterocycles. The van der Waals surface area contributed by atoms with Gasteiger partial charge in [-0.1, -0.05) is 0 Å². The molecule has 0 fully saturated rings. The predicted octanol–water partition coefficient (Wildman–Crippen LogP) is 2.66. The van der Waals surface area contributed by atoms with Crippen LogP contribution >= 0.6 is 11.3 Å². The van der Waals surface area contributed by atoms with Crippen molar-refractivity contribution in [2.24, 2.45) is 0 Å². The van der Waals surface area contributed by atoms with Crippen LogP contribution in [0.5, 0.6) is 0 Å². The average Bonchev–Trinajstić information content (AvgIpc) is 2.74. The van der Waals surface area contributed by atoms with Crippen LogP contribution in [0, 0.1) is 13.8 Å². The number of aromatic nitrogens is 3. The van der Waals surface area contributed by atoms with Gasteiger partial charge in [-0.15, -0.1) is 11.3 Å². The zero-order valence-corrected chi connectivity index (χ0v) is 13.3. The third-order valence-corrected chi connectivity index (χ3v) is 4.17. The van der Waals surface area contributed by atoms with Gasteiger partial charge in [-0.3, -0.25) is 0 Å². The molecule has 2 heterocycles. The van der Waals surface area contributed by atoms with Crippen molar-refractivity contribution in [3.05, 3.63) is 28.0 Å². The molecule has 20 heavy (non-hydrogen) atoms. The first-order chi connectivity index (χ1) is 9.58. The maximum absolute atomic E-state index is 4.56. The molecule has 0 spiro atoms. The number of hydrogen-bond acceptors (Lipinski definition) is 6. The second kappa shape index (κ2) is 6.65. The molecule has 2 rings (SSSR count). The Labute approximate surface area is 124 Å². The predicted molar refractivity (Wildman–Crippen MR) is 84.8 cm³/mol. The minimum Gasteiger partial charge on any atom is -0.367 e. The first kappa shape index (κ1) is 14.7. The lowest BCUT2D eigenvalue weighted by Gasteiger charge is -2.15. The largest absolute Gasteiger partial charge is 0.367 e. The molecule has 0 saturated heterocycles. The van der Waals surface area contributed by atoms with Gasteiger partial charge in [0.1, 0.15) is 0 Å². The van der Waals surface area contributed by atoms with Crippen LogP contribution in [0.3, 0.4) is 0 Å². The highest BCUT2D eigenvalue weighted by molar-refractivity contribution is 7.11. The van der Waals surface area contributed by atoms with Crippen molar-refractivity contribution in [2.75, 3.05) is 30.9 Å². The molecule has 108 valence electrons. The van der Waals surface area contributed by atoms with E-state index in [0.717, 1.165) is 36.7 Å². The van der Waals surface area contributed by atoms with Gasteiger partial charge in [-0.25, -0.2) is 15.0 Å². The van der Waals surface area contributed by atoms with Crippen molar-refractivity contribution >= 4 is 23.0 Å². The van der Waals surface area contributed by atoms with E-state index in [4.69, 9.17) is 0 Å². The van der Waals surface area contributed by atoms with Gasteiger partial charge in [0.15, 0.2) is 11.6 Å². The van der Waals surface area contributed by atoms with Gasteiger partial charge in [-0.2, -0.15) is 0 Å². The quantitative estimate of drug-likeness (QED) is 0.829. The molecular weight excluding hydrogens is 270 g/mol. The van der Waals surface area contributed by atoms with E-state index in [2.05, 4.69) is 34.1 Å². The topological polar surface area (TPSA) is 53.9 Å². The van der Waals surface area contributed by atoms with Crippen LogP contribution < -0.4 is 10.2 Å². The van der Waals surface area contributed by atoms with Gasteiger partial charge in [0.05, 0.1) is 10.7 Å². The Morgan fingerprint density at radius 3 is 2.60 bits per heavy atom.